The predicted molar refractivity (Wildman–Crippen MR) is 102 cm³/mol. The number of amides is 1. The second kappa shape index (κ2) is 9.22. The summed E-state index contributed by atoms with van der Waals surface area (Å²) in [5, 5.41) is 3.93. The van der Waals surface area contributed by atoms with E-state index in [9.17, 15) is 4.79 Å². The molecule has 0 saturated carbocycles. The first kappa shape index (κ1) is 19.0. The number of hydrogen-bond acceptors (Lipinski definition) is 4. The summed E-state index contributed by atoms with van der Waals surface area (Å²) in [5.41, 5.74) is 4.36. The van der Waals surface area contributed by atoms with Gasteiger partial charge in [0.25, 0.3) is 5.91 Å². The summed E-state index contributed by atoms with van der Waals surface area (Å²) in [6, 6.07) is 13.1. The summed E-state index contributed by atoms with van der Waals surface area (Å²) < 4.78 is 11.7. The van der Waals surface area contributed by atoms with Gasteiger partial charge < -0.3 is 9.47 Å². The van der Waals surface area contributed by atoms with Crippen molar-refractivity contribution in [2.75, 3.05) is 13.7 Å². The van der Waals surface area contributed by atoms with Crippen molar-refractivity contribution >= 4 is 28.1 Å². The van der Waals surface area contributed by atoms with Crippen LogP contribution in [-0.4, -0.2) is 25.8 Å². The van der Waals surface area contributed by atoms with E-state index in [0.29, 0.717) is 11.7 Å². The quantitative estimate of drug-likeness (QED) is 0.557. The number of carbonyl (C=O) groups excluding carboxylic acids is 1. The Bertz CT molecular complexity index is 743. The van der Waals surface area contributed by atoms with Crippen LogP contribution in [0, 0.1) is 0 Å². The minimum absolute atomic E-state index is 0.0959. The number of nitrogens with zero attached hydrogens (tertiary/aromatic N) is 1. The SMILES string of the molecule is COc1ccc(/C=N/NC(=O)COc2ccc(Br)cc2C(C)C)cc1. The number of carbonyl (C=O) groups is 1. The van der Waals surface area contributed by atoms with Crippen LogP contribution in [0.1, 0.15) is 30.9 Å². The van der Waals surface area contributed by atoms with Gasteiger partial charge in [0, 0.05) is 4.47 Å². The van der Waals surface area contributed by atoms with Gasteiger partial charge in [-0.3, -0.25) is 4.79 Å². The molecule has 0 aliphatic rings. The van der Waals surface area contributed by atoms with Crippen LogP contribution in [0.2, 0.25) is 0 Å². The summed E-state index contributed by atoms with van der Waals surface area (Å²) >= 11 is 3.45. The van der Waals surface area contributed by atoms with Gasteiger partial charge in [-0.05, 0) is 59.5 Å². The van der Waals surface area contributed by atoms with Gasteiger partial charge in [-0.1, -0.05) is 29.8 Å². The fourth-order valence-corrected chi connectivity index (χ4v) is 2.53. The Morgan fingerprint density at radius 3 is 2.60 bits per heavy atom. The fourth-order valence-electron chi connectivity index (χ4n) is 2.15. The van der Waals surface area contributed by atoms with Crippen molar-refractivity contribution in [3.8, 4) is 11.5 Å². The maximum Gasteiger partial charge on any atom is 0.277 e. The first-order valence-electron chi connectivity index (χ1n) is 7.88. The Labute approximate surface area is 156 Å². The molecule has 0 unspecified atom stereocenters. The molecule has 0 atom stereocenters. The van der Waals surface area contributed by atoms with Gasteiger partial charge >= 0.3 is 0 Å². The molecule has 2 aromatic carbocycles. The smallest absolute Gasteiger partial charge is 0.277 e. The lowest BCUT2D eigenvalue weighted by molar-refractivity contribution is -0.123. The minimum atomic E-state index is -0.317. The standard InChI is InChI=1S/C19H21BrN2O3/c1-13(2)17-10-15(20)6-9-18(17)25-12-19(23)22-21-11-14-4-7-16(24-3)8-5-14/h4-11,13H,12H2,1-3H3,(H,22,23)/b21-11+. The van der Waals surface area contributed by atoms with Crippen LogP contribution in [0.15, 0.2) is 52.0 Å². The van der Waals surface area contributed by atoms with Crippen molar-refractivity contribution in [1.82, 2.24) is 5.43 Å². The lowest BCUT2D eigenvalue weighted by atomic mass is 10.0. The first-order valence-corrected chi connectivity index (χ1v) is 8.67. The fraction of sp³-hybridized carbons (Fsp3) is 0.263. The predicted octanol–water partition coefficient (Wildman–Crippen LogP) is 4.11. The molecule has 6 heteroatoms. The van der Waals surface area contributed by atoms with Crippen LogP contribution in [0.25, 0.3) is 0 Å². The van der Waals surface area contributed by atoms with Crippen LogP contribution in [0.3, 0.4) is 0 Å². The Morgan fingerprint density at radius 2 is 1.96 bits per heavy atom. The molecule has 0 saturated heterocycles. The topological polar surface area (TPSA) is 59.9 Å². The zero-order valence-electron chi connectivity index (χ0n) is 14.5. The highest BCUT2D eigenvalue weighted by atomic mass is 79.9. The summed E-state index contributed by atoms with van der Waals surface area (Å²) in [6.07, 6.45) is 1.57. The molecule has 0 aliphatic heterocycles. The Kier molecular flexibility index (Phi) is 7.01. The molecule has 0 radical (unpaired) electrons. The second-order valence-electron chi connectivity index (χ2n) is 5.69. The van der Waals surface area contributed by atoms with Crippen molar-refractivity contribution in [2.45, 2.75) is 19.8 Å². The van der Waals surface area contributed by atoms with E-state index in [1.165, 1.54) is 0 Å². The van der Waals surface area contributed by atoms with Crippen molar-refractivity contribution in [1.29, 1.82) is 0 Å². The summed E-state index contributed by atoms with van der Waals surface area (Å²) in [6.45, 7) is 4.06. The molecular formula is C19H21BrN2O3. The molecule has 0 bridgehead atoms. The van der Waals surface area contributed by atoms with E-state index in [1.807, 2.05) is 42.5 Å². The van der Waals surface area contributed by atoms with Gasteiger partial charge in [-0.15, -0.1) is 0 Å². The maximum absolute atomic E-state index is 11.9. The average Bonchev–Trinajstić information content (AvgIpc) is 2.61. The Morgan fingerprint density at radius 1 is 1.24 bits per heavy atom. The van der Waals surface area contributed by atoms with E-state index in [-0.39, 0.29) is 12.5 Å². The lowest BCUT2D eigenvalue weighted by Crippen LogP contribution is -2.24. The number of ether oxygens (including phenoxy) is 2. The third-order valence-corrected chi connectivity index (χ3v) is 3.96. The van der Waals surface area contributed by atoms with E-state index in [1.54, 1.807) is 13.3 Å². The molecule has 1 amide bonds. The minimum Gasteiger partial charge on any atom is -0.497 e. The van der Waals surface area contributed by atoms with Gasteiger partial charge in [0.1, 0.15) is 11.5 Å². The van der Waals surface area contributed by atoms with Gasteiger partial charge in [0.2, 0.25) is 0 Å². The van der Waals surface area contributed by atoms with Crippen LogP contribution < -0.4 is 14.9 Å². The highest BCUT2D eigenvalue weighted by Crippen LogP contribution is 2.29. The molecule has 2 rings (SSSR count). The molecule has 25 heavy (non-hydrogen) atoms. The zero-order valence-corrected chi connectivity index (χ0v) is 16.0. The molecule has 0 aliphatic carbocycles. The van der Waals surface area contributed by atoms with Crippen LogP contribution in [0.5, 0.6) is 11.5 Å². The molecule has 2 aromatic rings. The number of halogens is 1. The highest BCUT2D eigenvalue weighted by molar-refractivity contribution is 9.10. The Hall–Kier alpha value is -2.34. The number of rotatable bonds is 7. The molecule has 0 fully saturated rings. The van der Waals surface area contributed by atoms with Crippen molar-refractivity contribution < 1.29 is 14.3 Å². The third kappa shape index (κ3) is 5.90. The van der Waals surface area contributed by atoms with Crippen molar-refractivity contribution in [2.24, 2.45) is 5.10 Å². The van der Waals surface area contributed by atoms with E-state index in [0.717, 1.165) is 21.3 Å². The molecule has 0 aromatic heterocycles. The van der Waals surface area contributed by atoms with Crippen LogP contribution >= 0.6 is 15.9 Å². The van der Waals surface area contributed by atoms with E-state index >= 15 is 0 Å². The molecule has 1 N–H and O–H groups in total. The third-order valence-electron chi connectivity index (χ3n) is 3.47. The molecule has 0 spiro atoms. The van der Waals surface area contributed by atoms with Gasteiger partial charge in [0.15, 0.2) is 6.61 Å². The van der Waals surface area contributed by atoms with Crippen molar-refractivity contribution in [3.63, 3.8) is 0 Å². The van der Waals surface area contributed by atoms with Crippen LogP contribution in [0.4, 0.5) is 0 Å². The van der Waals surface area contributed by atoms with Gasteiger partial charge in [0.05, 0.1) is 13.3 Å². The number of methoxy groups -OCH3 is 1. The first-order chi connectivity index (χ1) is 12.0. The van der Waals surface area contributed by atoms with E-state index < -0.39 is 0 Å². The largest absolute Gasteiger partial charge is 0.497 e. The van der Waals surface area contributed by atoms with Gasteiger partial charge in [-0.2, -0.15) is 5.10 Å². The van der Waals surface area contributed by atoms with Crippen molar-refractivity contribution in [3.05, 3.63) is 58.1 Å². The number of hydrazone groups is 1. The average molecular weight is 405 g/mol. The molecule has 5 nitrogen and oxygen atoms in total. The number of hydrogen-bond donors (Lipinski definition) is 1. The normalized spacial score (nSPS) is 10.9. The number of benzene rings is 2. The van der Waals surface area contributed by atoms with Gasteiger partial charge in [-0.25, -0.2) is 5.43 Å². The maximum atomic E-state index is 11.9. The zero-order chi connectivity index (χ0) is 18.2. The summed E-state index contributed by atoms with van der Waals surface area (Å²) in [4.78, 5) is 11.9. The summed E-state index contributed by atoms with van der Waals surface area (Å²) in [5.74, 6) is 1.45. The van der Waals surface area contributed by atoms with Crippen LogP contribution in [-0.2, 0) is 4.79 Å². The monoisotopic (exact) mass is 404 g/mol. The van der Waals surface area contributed by atoms with E-state index in [4.69, 9.17) is 9.47 Å². The number of nitrogens with one attached hydrogen (secondary N) is 1. The molecule has 132 valence electrons. The molecule has 0 heterocycles. The molecular weight excluding hydrogens is 384 g/mol. The highest BCUT2D eigenvalue weighted by Gasteiger charge is 2.10. The second-order valence-corrected chi connectivity index (χ2v) is 6.61. The summed E-state index contributed by atoms with van der Waals surface area (Å²) in [7, 11) is 1.61. The van der Waals surface area contributed by atoms with E-state index in [2.05, 4.69) is 40.3 Å². The lowest BCUT2D eigenvalue weighted by Gasteiger charge is -2.13. The Balaban J connectivity index is 1.87.